The van der Waals surface area contributed by atoms with Gasteiger partial charge in [-0.15, -0.1) is 0 Å². The van der Waals surface area contributed by atoms with Crippen LogP contribution in [0.2, 0.25) is 0 Å². The number of hydrogen-bond donors (Lipinski definition) is 1. The van der Waals surface area contributed by atoms with Crippen LogP contribution in [0.25, 0.3) is 11.1 Å². The van der Waals surface area contributed by atoms with Gasteiger partial charge in [-0.25, -0.2) is 4.39 Å². The number of rotatable bonds is 1. The van der Waals surface area contributed by atoms with Crippen molar-refractivity contribution in [2.24, 2.45) is 0 Å². The molecule has 0 aromatic heterocycles. The van der Waals surface area contributed by atoms with E-state index in [-0.39, 0.29) is 11.5 Å². The lowest BCUT2D eigenvalue weighted by Gasteiger charge is -2.08. The van der Waals surface area contributed by atoms with E-state index < -0.39 is 0 Å². The molecule has 0 aliphatic heterocycles. The lowest BCUT2D eigenvalue weighted by atomic mass is 9.98. The quantitative estimate of drug-likeness (QED) is 0.721. The Balaban J connectivity index is 2.58. The Bertz CT molecular complexity index is 532. The van der Waals surface area contributed by atoms with Crippen molar-refractivity contribution in [1.82, 2.24) is 0 Å². The van der Waals surface area contributed by atoms with E-state index in [4.69, 9.17) is 5.73 Å². The molecule has 1 nitrogen and oxygen atoms in total. The van der Waals surface area contributed by atoms with Gasteiger partial charge in [0.2, 0.25) is 0 Å². The van der Waals surface area contributed by atoms with Crippen molar-refractivity contribution in [2.75, 3.05) is 5.73 Å². The van der Waals surface area contributed by atoms with Crippen molar-refractivity contribution >= 4 is 5.69 Å². The van der Waals surface area contributed by atoms with Gasteiger partial charge in [-0.05, 0) is 42.7 Å². The molecule has 0 saturated carbocycles. The predicted octanol–water partition coefficient (Wildman–Crippen LogP) is 3.69. The highest BCUT2D eigenvalue weighted by Gasteiger charge is 2.05. The average Bonchev–Trinajstić information content (AvgIpc) is 2.26. The van der Waals surface area contributed by atoms with Crippen LogP contribution in [0.4, 0.5) is 10.1 Å². The molecule has 0 aliphatic carbocycles. The first-order valence-corrected chi connectivity index (χ1v) is 5.20. The Hall–Kier alpha value is -1.83. The molecule has 82 valence electrons. The van der Waals surface area contributed by atoms with E-state index in [1.165, 1.54) is 11.6 Å². The van der Waals surface area contributed by atoms with E-state index >= 15 is 0 Å². The molecule has 0 amide bonds. The topological polar surface area (TPSA) is 26.0 Å². The Morgan fingerprint density at radius 3 is 2.44 bits per heavy atom. The van der Waals surface area contributed by atoms with Gasteiger partial charge in [-0.3, -0.25) is 0 Å². The summed E-state index contributed by atoms with van der Waals surface area (Å²) in [5.41, 5.74) is 10.2. The van der Waals surface area contributed by atoms with Gasteiger partial charge in [0, 0.05) is 0 Å². The molecule has 0 saturated heterocycles. The molecule has 2 rings (SSSR count). The normalized spacial score (nSPS) is 10.4. The van der Waals surface area contributed by atoms with Gasteiger partial charge in [0.15, 0.2) is 0 Å². The van der Waals surface area contributed by atoms with Crippen molar-refractivity contribution in [3.8, 4) is 11.1 Å². The van der Waals surface area contributed by atoms with E-state index in [0.29, 0.717) is 0 Å². The van der Waals surface area contributed by atoms with E-state index in [2.05, 4.69) is 18.2 Å². The van der Waals surface area contributed by atoms with Crippen LogP contribution in [0.1, 0.15) is 11.1 Å². The molecule has 0 radical (unpaired) electrons. The third-order valence-electron chi connectivity index (χ3n) is 2.70. The fourth-order valence-corrected chi connectivity index (χ4v) is 1.76. The highest BCUT2D eigenvalue weighted by atomic mass is 19.1. The van der Waals surface area contributed by atoms with Crippen LogP contribution in [0.15, 0.2) is 36.4 Å². The van der Waals surface area contributed by atoms with E-state index in [0.717, 1.165) is 16.7 Å². The molecular formula is C14H14FN. The lowest BCUT2D eigenvalue weighted by molar-refractivity contribution is 0.632. The number of nitrogens with two attached hydrogens (primary N) is 1. The van der Waals surface area contributed by atoms with Crippen LogP contribution in [-0.2, 0) is 0 Å². The van der Waals surface area contributed by atoms with Crippen molar-refractivity contribution in [3.05, 3.63) is 53.3 Å². The summed E-state index contributed by atoms with van der Waals surface area (Å²) in [5.74, 6) is -0.367. The summed E-state index contributed by atoms with van der Waals surface area (Å²) < 4.78 is 13.1. The SMILES string of the molecule is Cc1ccc(C)c(-c2ccc(F)c(N)c2)c1. The fraction of sp³-hybridized carbons (Fsp3) is 0.143. The first-order valence-electron chi connectivity index (χ1n) is 5.20. The van der Waals surface area contributed by atoms with E-state index in [1.54, 1.807) is 12.1 Å². The number of nitrogen functional groups attached to an aromatic ring is 1. The van der Waals surface area contributed by atoms with Crippen molar-refractivity contribution < 1.29 is 4.39 Å². The van der Waals surface area contributed by atoms with Crippen LogP contribution >= 0.6 is 0 Å². The summed E-state index contributed by atoms with van der Waals surface area (Å²) in [5, 5.41) is 0. The maximum absolute atomic E-state index is 13.1. The molecule has 0 bridgehead atoms. The Labute approximate surface area is 94.7 Å². The number of halogens is 1. The molecule has 0 atom stereocenters. The van der Waals surface area contributed by atoms with Gasteiger partial charge in [0.25, 0.3) is 0 Å². The van der Waals surface area contributed by atoms with Crippen molar-refractivity contribution in [1.29, 1.82) is 0 Å². The minimum absolute atomic E-state index is 0.193. The minimum Gasteiger partial charge on any atom is -0.396 e. The molecule has 0 aliphatic rings. The zero-order valence-corrected chi connectivity index (χ0v) is 9.42. The van der Waals surface area contributed by atoms with Crippen LogP contribution in [-0.4, -0.2) is 0 Å². The van der Waals surface area contributed by atoms with Crippen LogP contribution < -0.4 is 5.73 Å². The van der Waals surface area contributed by atoms with Gasteiger partial charge in [0.05, 0.1) is 5.69 Å². The molecule has 0 spiro atoms. The fourth-order valence-electron chi connectivity index (χ4n) is 1.76. The van der Waals surface area contributed by atoms with E-state index in [1.807, 2.05) is 13.8 Å². The second kappa shape index (κ2) is 3.97. The van der Waals surface area contributed by atoms with Crippen LogP contribution in [0.5, 0.6) is 0 Å². The first kappa shape index (κ1) is 10.7. The van der Waals surface area contributed by atoms with Crippen LogP contribution in [0.3, 0.4) is 0 Å². The summed E-state index contributed by atoms with van der Waals surface area (Å²) in [6.07, 6.45) is 0. The lowest BCUT2D eigenvalue weighted by Crippen LogP contribution is -1.92. The van der Waals surface area contributed by atoms with Gasteiger partial charge < -0.3 is 5.73 Å². The Morgan fingerprint density at radius 2 is 1.75 bits per heavy atom. The van der Waals surface area contributed by atoms with Gasteiger partial charge in [-0.1, -0.05) is 29.8 Å². The zero-order valence-electron chi connectivity index (χ0n) is 9.42. The second-order valence-corrected chi connectivity index (χ2v) is 4.05. The molecule has 2 aromatic rings. The molecular weight excluding hydrogens is 201 g/mol. The molecule has 0 fully saturated rings. The van der Waals surface area contributed by atoms with Crippen LogP contribution in [0, 0.1) is 19.7 Å². The number of anilines is 1. The van der Waals surface area contributed by atoms with Gasteiger partial charge >= 0.3 is 0 Å². The maximum Gasteiger partial charge on any atom is 0.146 e. The standard InChI is InChI=1S/C14H14FN/c1-9-3-4-10(2)12(7-9)11-5-6-13(15)14(16)8-11/h3-8H,16H2,1-2H3. The average molecular weight is 215 g/mol. The molecule has 0 heterocycles. The summed E-state index contributed by atoms with van der Waals surface area (Å²) >= 11 is 0. The minimum atomic E-state index is -0.367. The number of benzene rings is 2. The monoisotopic (exact) mass is 215 g/mol. The highest BCUT2D eigenvalue weighted by Crippen LogP contribution is 2.27. The Morgan fingerprint density at radius 1 is 1.00 bits per heavy atom. The smallest absolute Gasteiger partial charge is 0.146 e. The highest BCUT2D eigenvalue weighted by molar-refractivity contribution is 5.71. The van der Waals surface area contributed by atoms with E-state index in [9.17, 15) is 4.39 Å². The molecule has 0 unspecified atom stereocenters. The summed E-state index contributed by atoms with van der Waals surface area (Å²) in [6, 6.07) is 11.1. The first-order chi connectivity index (χ1) is 7.58. The number of aryl methyl sites for hydroxylation is 2. The predicted molar refractivity (Wildman–Crippen MR) is 65.7 cm³/mol. The largest absolute Gasteiger partial charge is 0.396 e. The van der Waals surface area contributed by atoms with Gasteiger partial charge in [0.1, 0.15) is 5.82 Å². The zero-order chi connectivity index (χ0) is 11.7. The molecule has 2 aromatic carbocycles. The third-order valence-corrected chi connectivity index (χ3v) is 2.70. The molecule has 2 N–H and O–H groups in total. The second-order valence-electron chi connectivity index (χ2n) is 4.05. The van der Waals surface area contributed by atoms with Crippen molar-refractivity contribution in [3.63, 3.8) is 0 Å². The van der Waals surface area contributed by atoms with Crippen molar-refractivity contribution in [2.45, 2.75) is 13.8 Å². The Kier molecular flexibility index (Phi) is 2.65. The molecule has 16 heavy (non-hydrogen) atoms. The van der Waals surface area contributed by atoms with Gasteiger partial charge in [-0.2, -0.15) is 0 Å². The summed E-state index contributed by atoms with van der Waals surface area (Å²) in [4.78, 5) is 0. The number of hydrogen-bond acceptors (Lipinski definition) is 1. The summed E-state index contributed by atoms with van der Waals surface area (Å²) in [7, 11) is 0. The summed E-state index contributed by atoms with van der Waals surface area (Å²) in [6.45, 7) is 4.07. The maximum atomic E-state index is 13.1. The third kappa shape index (κ3) is 1.91. The molecule has 2 heteroatoms.